The molecule has 0 aliphatic carbocycles. The van der Waals surface area contributed by atoms with E-state index in [0.29, 0.717) is 5.56 Å². The van der Waals surface area contributed by atoms with Crippen LogP contribution in [-0.2, 0) is 16.8 Å². The van der Waals surface area contributed by atoms with Gasteiger partial charge in [-0.25, -0.2) is 4.57 Å². The van der Waals surface area contributed by atoms with Gasteiger partial charge >= 0.3 is 7.75 Å². The average molecular weight is 341 g/mol. The van der Waals surface area contributed by atoms with Crippen molar-refractivity contribution in [2.24, 2.45) is 0 Å². The van der Waals surface area contributed by atoms with E-state index in [4.69, 9.17) is 9.79 Å². The first-order valence-corrected chi connectivity index (χ1v) is 8.08. The molecule has 0 saturated heterocycles. The van der Waals surface area contributed by atoms with Crippen LogP contribution in [0.15, 0.2) is 42.5 Å². The van der Waals surface area contributed by atoms with Crippen molar-refractivity contribution in [3.8, 4) is 11.5 Å². The Hall–Kier alpha value is -2.09. The van der Waals surface area contributed by atoms with Gasteiger partial charge in [0.05, 0.1) is 5.69 Å². The number of rotatable bonds is 5. The Morgan fingerprint density at radius 2 is 1.65 bits per heavy atom. The Morgan fingerprint density at radius 1 is 1.00 bits per heavy atom. The Morgan fingerprint density at radius 3 is 2.26 bits per heavy atom. The van der Waals surface area contributed by atoms with E-state index in [1.165, 1.54) is 18.2 Å². The average Bonchev–Trinajstić information content (AvgIpc) is 2.35. The second-order valence-corrected chi connectivity index (χ2v) is 6.36. The molecular weight excluding hydrogens is 325 g/mol. The summed E-state index contributed by atoms with van der Waals surface area (Å²) in [6, 6.07) is 9.08. The van der Waals surface area contributed by atoms with E-state index in [0.717, 1.165) is 18.2 Å². The molecule has 0 aromatic heterocycles. The molecule has 0 bridgehead atoms. The van der Waals surface area contributed by atoms with Crippen molar-refractivity contribution in [1.82, 2.24) is 0 Å². The maximum atomic E-state index is 11.1. The van der Waals surface area contributed by atoms with E-state index < -0.39 is 13.5 Å². The molecule has 2 aromatic carbocycles. The molecule has 0 saturated carbocycles. The Labute approximate surface area is 131 Å². The lowest BCUT2D eigenvalue weighted by Crippen LogP contribution is -2.29. The van der Waals surface area contributed by atoms with Gasteiger partial charge in [0.15, 0.2) is 5.79 Å². The van der Waals surface area contributed by atoms with Crippen molar-refractivity contribution < 1.29 is 34.8 Å². The van der Waals surface area contributed by atoms with Crippen LogP contribution in [0, 0.1) is 0 Å². The zero-order valence-electron chi connectivity index (χ0n) is 11.8. The molecule has 0 unspecified atom stereocenters. The predicted molar refractivity (Wildman–Crippen MR) is 81.7 cm³/mol. The van der Waals surface area contributed by atoms with Crippen LogP contribution in [0.4, 0.5) is 5.69 Å². The third-order valence-corrected chi connectivity index (χ3v) is 3.59. The van der Waals surface area contributed by atoms with Crippen molar-refractivity contribution in [2.75, 3.05) is 5.09 Å². The van der Waals surface area contributed by atoms with Gasteiger partial charge in [0.2, 0.25) is 0 Å². The maximum absolute atomic E-state index is 11.1. The number of aliphatic hydroxyl groups is 2. The molecule has 2 aromatic rings. The van der Waals surface area contributed by atoms with Gasteiger partial charge in [0.25, 0.3) is 0 Å². The highest BCUT2D eigenvalue weighted by molar-refractivity contribution is 7.53. The summed E-state index contributed by atoms with van der Waals surface area (Å²) in [5.41, 5.74) is -0.157. The van der Waals surface area contributed by atoms with E-state index in [-0.39, 0.29) is 29.2 Å². The molecule has 7 N–H and O–H groups in total. The number of hydrogen-bond donors (Lipinski definition) is 7. The van der Waals surface area contributed by atoms with E-state index in [1.807, 2.05) is 5.09 Å². The topological polar surface area (TPSA) is 150 Å². The number of phenols is 2. The second-order valence-electron chi connectivity index (χ2n) is 5.05. The smallest absolute Gasteiger partial charge is 0.427 e. The lowest BCUT2D eigenvalue weighted by molar-refractivity contribution is -0.167. The molecule has 2 rings (SSSR count). The summed E-state index contributed by atoms with van der Waals surface area (Å²) in [4.78, 5) is 18.0. The van der Waals surface area contributed by atoms with Gasteiger partial charge in [-0.1, -0.05) is 12.1 Å². The lowest BCUT2D eigenvalue weighted by Gasteiger charge is -2.25. The Bertz CT molecular complexity index is 757. The highest BCUT2D eigenvalue weighted by Crippen LogP contribution is 2.41. The van der Waals surface area contributed by atoms with Crippen LogP contribution < -0.4 is 5.09 Å². The van der Waals surface area contributed by atoms with Gasteiger partial charge in [-0.2, -0.15) is 0 Å². The predicted octanol–water partition coefficient (Wildman–Crippen LogP) is 0.982. The van der Waals surface area contributed by atoms with Gasteiger partial charge < -0.3 is 30.2 Å². The summed E-state index contributed by atoms with van der Waals surface area (Å²) in [5, 5.41) is 41.3. The van der Waals surface area contributed by atoms with Crippen molar-refractivity contribution in [1.29, 1.82) is 0 Å². The summed E-state index contributed by atoms with van der Waals surface area (Å²) in [6.45, 7) is 0. The normalized spacial score (nSPS) is 12.2. The van der Waals surface area contributed by atoms with Gasteiger partial charge in [-0.15, -0.1) is 0 Å². The van der Waals surface area contributed by atoms with Crippen LogP contribution >= 0.6 is 7.75 Å². The molecule has 124 valence electrons. The number of anilines is 1. The molecule has 0 atom stereocenters. The summed E-state index contributed by atoms with van der Waals surface area (Å²) < 4.78 is 11.1. The van der Waals surface area contributed by atoms with Crippen LogP contribution in [0.5, 0.6) is 11.5 Å². The Balaban J connectivity index is 2.40. The standard InChI is InChI=1S/C14H16NO7P/c16-10-3-1-2-9(6-10)8-14(18,19)12-5-4-11(17)7-13(12)15-23(20,21)22/h1-7,16-19H,8H2,(H3,15,20,21,22). The summed E-state index contributed by atoms with van der Waals surface area (Å²) in [5.74, 6) is -2.85. The third kappa shape index (κ3) is 4.69. The highest BCUT2D eigenvalue weighted by atomic mass is 31.2. The highest BCUT2D eigenvalue weighted by Gasteiger charge is 2.31. The summed E-state index contributed by atoms with van der Waals surface area (Å²) >= 11 is 0. The van der Waals surface area contributed by atoms with Crippen LogP contribution in [0.3, 0.4) is 0 Å². The van der Waals surface area contributed by atoms with Crippen LogP contribution in [0.2, 0.25) is 0 Å². The first-order chi connectivity index (χ1) is 10.6. The molecule has 9 heteroatoms. The summed E-state index contributed by atoms with van der Waals surface area (Å²) in [7, 11) is -4.72. The molecule has 0 aliphatic heterocycles. The SMILES string of the molecule is O=P(O)(O)Nc1cc(O)ccc1C(O)(O)Cc1cccc(O)c1. The van der Waals surface area contributed by atoms with Gasteiger partial charge in [-0.3, -0.25) is 5.09 Å². The molecule has 0 spiro atoms. The van der Waals surface area contributed by atoms with Crippen LogP contribution in [0.1, 0.15) is 11.1 Å². The molecule has 0 aliphatic rings. The van der Waals surface area contributed by atoms with E-state index in [9.17, 15) is 25.0 Å². The third-order valence-electron chi connectivity index (χ3n) is 3.06. The molecule has 23 heavy (non-hydrogen) atoms. The number of nitrogens with one attached hydrogen (secondary N) is 1. The van der Waals surface area contributed by atoms with Gasteiger partial charge in [0.1, 0.15) is 11.5 Å². The minimum Gasteiger partial charge on any atom is -0.508 e. The van der Waals surface area contributed by atoms with Crippen molar-refractivity contribution in [2.45, 2.75) is 12.2 Å². The molecule has 0 amide bonds. The quantitative estimate of drug-likeness (QED) is 0.314. The molecule has 8 nitrogen and oxygen atoms in total. The van der Waals surface area contributed by atoms with Crippen molar-refractivity contribution in [3.63, 3.8) is 0 Å². The number of phenolic OH excluding ortho intramolecular Hbond substituents is 2. The summed E-state index contributed by atoms with van der Waals surface area (Å²) in [6.07, 6.45) is -0.345. The Kier molecular flexibility index (Phi) is 4.65. The molecule has 0 fully saturated rings. The van der Waals surface area contributed by atoms with Gasteiger partial charge in [0, 0.05) is 18.1 Å². The van der Waals surface area contributed by atoms with Crippen LogP contribution in [-0.4, -0.2) is 30.2 Å². The largest absolute Gasteiger partial charge is 0.508 e. The second kappa shape index (κ2) is 6.19. The minimum absolute atomic E-state index is 0.0578. The van der Waals surface area contributed by atoms with Gasteiger partial charge in [-0.05, 0) is 29.8 Å². The fourth-order valence-corrected chi connectivity index (χ4v) is 2.68. The number of hydrogen-bond acceptors (Lipinski definition) is 5. The van der Waals surface area contributed by atoms with Crippen LogP contribution in [0.25, 0.3) is 0 Å². The fraction of sp³-hybridized carbons (Fsp3) is 0.143. The molecule has 0 heterocycles. The van der Waals surface area contributed by atoms with E-state index in [2.05, 4.69) is 0 Å². The zero-order valence-corrected chi connectivity index (χ0v) is 12.7. The maximum Gasteiger partial charge on any atom is 0.427 e. The van der Waals surface area contributed by atoms with E-state index in [1.54, 1.807) is 6.07 Å². The molecule has 0 radical (unpaired) electrons. The number of benzene rings is 2. The lowest BCUT2D eigenvalue weighted by atomic mass is 9.96. The first-order valence-electron chi connectivity index (χ1n) is 6.47. The zero-order chi connectivity index (χ0) is 17.3. The molecular formula is C14H16NO7P. The van der Waals surface area contributed by atoms with E-state index >= 15 is 0 Å². The monoisotopic (exact) mass is 341 g/mol. The minimum atomic E-state index is -4.72. The van der Waals surface area contributed by atoms with Crippen molar-refractivity contribution in [3.05, 3.63) is 53.6 Å². The first kappa shape index (κ1) is 17.3. The number of aromatic hydroxyl groups is 2. The van der Waals surface area contributed by atoms with Crippen molar-refractivity contribution >= 4 is 13.4 Å². The fourth-order valence-electron chi connectivity index (χ4n) is 2.18.